The molecule has 9 heteroatoms. The predicted molar refractivity (Wildman–Crippen MR) is 152 cm³/mol. The first-order valence-electron chi connectivity index (χ1n) is 13.4. The van der Waals surface area contributed by atoms with Crippen LogP contribution in [0.2, 0.25) is 0 Å². The fraction of sp³-hybridized carbons (Fsp3) is 0.367. The average Bonchev–Trinajstić information content (AvgIpc) is 3.51. The van der Waals surface area contributed by atoms with E-state index in [1.165, 1.54) is 12.8 Å². The van der Waals surface area contributed by atoms with Gasteiger partial charge in [-0.05, 0) is 67.5 Å². The zero-order valence-electron chi connectivity index (χ0n) is 22.6. The summed E-state index contributed by atoms with van der Waals surface area (Å²) in [5.74, 6) is 2.29. The number of aromatic nitrogens is 5. The number of carbonyl (C=O) groups is 1. The first-order chi connectivity index (χ1) is 19.1. The monoisotopic (exact) mass is 532 g/mol. The fourth-order valence-electron chi connectivity index (χ4n) is 4.19. The molecule has 0 aliphatic heterocycles. The van der Waals surface area contributed by atoms with Crippen LogP contribution in [0.25, 0.3) is 16.8 Å². The van der Waals surface area contributed by atoms with Gasteiger partial charge in [-0.3, -0.25) is 4.79 Å². The second kappa shape index (κ2) is 15.3. The molecule has 0 bridgehead atoms. The zero-order valence-corrected chi connectivity index (χ0v) is 22.6. The molecule has 4 aromatic rings. The maximum Gasteiger partial charge on any atom is 0.226 e. The molecule has 1 aromatic carbocycles. The Bertz CT molecular complexity index is 1330. The summed E-state index contributed by atoms with van der Waals surface area (Å²) >= 11 is 0. The van der Waals surface area contributed by atoms with Crippen molar-refractivity contribution in [2.45, 2.75) is 64.2 Å². The minimum absolute atomic E-state index is 0.165. The van der Waals surface area contributed by atoms with Gasteiger partial charge in [0, 0.05) is 37.2 Å². The van der Waals surface area contributed by atoms with Gasteiger partial charge in [-0.15, -0.1) is 13.2 Å². The molecule has 1 aliphatic carbocycles. The molecule has 8 nitrogen and oxygen atoms in total. The Kier molecular flexibility index (Phi) is 11.6. The topological polar surface area (TPSA) is 89.4 Å². The predicted octanol–water partition coefficient (Wildman–Crippen LogP) is 7.10. The number of fused-ring (bicyclic) bond motifs is 1. The second-order valence-electron chi connectivity index (χ2n) is 9.11. The van der Waals surface area contributed by atoms with Crippen molar-refractivity contribution in [2.75, 3.05) is 11.4 Å². The molecule has 3 aromatic heterocycles. The molecule has 206 valence electrons. The Labute approximate surface area is 229 Å². The van der Waals surface area contributed by atoms with Crippen LogP contribution < -0.4 is 4.90 Å². The lowest BCUT2D eigenvalue weighted by Crippen LogP contribution is -2.31. The van der Waals surface area contributed by atoms with Gasteiger partial charge in [0.25, 0.3) is 0 Å². The maximum atomic E-state index is 13.0. The Morgan fingerprint density at radius 1 is 1.18 bits per heavy atom. The van der Waals surface area contributed by atoms with E-state index in [4.69, 9.17) is 4.52 Å². The van der Waals surface area contributed by atoms with Gasteiger partial charge in [-0.1, -0.05) is 37.2 Å². The lowest BCUT2D eigenvalue weighted by Gasteiger charge is -2.23. The fourth-order valence-corrected chi connectivity index (χ4v) is 4.19. The van der Waals surface area contributed by atoms with Crippen LogP contribution in [-0.2, 0) is 11.2 Å². The number of pyridine rings is 1. The molecule has 0 N–H and O–H groups in total. The van der Waals surface area contributed by atoms with E-state index in [0.29, 0.717) is 18.9 Å². The van der Waals surface area contributed by atoms with Crippen LogP contribution in [0.5, 0.6) is 0 Å². The Hall–Kier alpha value is -4.14. The van der Waals surface area contributed by atoms with Gasteiger partial charge in [0.1, 0.15) is 6.33 Å². The Morgan fingerprint density at radius 2 is 1.95 bits per heavy atom. The van der Waals surface area contributed by atoms with E-state index in [-0.39, 0.29) is 12.2 Å². The summed E-state index contributed by atoms with van der Waals surface area (Å²) in [4.78, 5) is 23.7. The highest BCUT2D eigenvalue weighted by atomic mass is 19.1. The summed E-state index contributed by atoms with van der Waals surface area (Å²) in [5.41, 5.74) is 3.84. The third-order valence-corrected chi connectivity index (χ3v) is 6.24. The molecule has 39 heavy (non-hydrogen) atoms. The number of hydrogen-bond acceptors (Lipinski definition) is 6. The van der Waals surface area contributed by atoms with E-state index in [9.17, 15) is 9.18 Å². The van der Waals surface area contributed by atoms with Crippen LogP contribution in [0.15, 0.2) is 79.5 Å². The van der Waals surface area contributed by atoms with Gasteiger partial charge in [0.2, 0.25) is 11.8 Å². The molecule has 0 saturated heterocycles. The molecular weight excluding hydrogens is 495 g/mol. The second-order valence-corrected chi connectivity index (χ2v) is 9.11. The van der Waals surface area contributed by atoms with Crippen LogP contribution in [0.1, 0.15) is 69.5 Å². The summed E-state index contributed by atoms with van der Waals surface area (Å²) in [7, 11) is 0. The number of carbonyl (C=O) groups excluding carboxylic acids is 1. The molecule has 1 fully saturated rings. The third kappa shape index (κ3) is 8.43. The number of anilines is 1. The Morgan fingerprint density at radius 3 is 2.69 bits per heavy atom. The van der Waals surface area contributed by atoms with Crippen LogP contribution in [0, 0.1) is 0 Å². The molecule has 0 atom stereocenters. The van der Waals surface area contributed by atoms with Crippen molar-refractivity contribution in [1.82, 2.24) is 24.7 Å². The van der Waals surface area contributed by atoms with Crippen molar-refractivity contribution < 1.29 is 13.7 Å². The quantitative estimate of drug-likeness (QED) is 0.151. The van der Waals surface area contributed by atoms with Crippen LogP contribution in [0.4, 0.5) is 10.1 Å². The highest BCUT2D eigenvalue weighted by Gasteiger charge is 2.28. The van der Waals surface area contributed by atoms with Gasteiger partial charge >= 0.3 is 0 Å². The highest BCUT2D eigenvalue weighted by Crippen LogP contribution is 2.38. The lowest BCUT2D eigenvalue weighted by molar-refractivity contribution is -0.118. The summed E-state index contributed by atoms with van der Waals surface area (Å²) in [6.45, 7) is 11.4. The molecule has 0 radical (unpaired) electrons. The standard InChI is InChI=1S/C26H30N6O2.C2H3F.C2H4/c1-2-7-25(33)31(14-5-3-4-10-24-29-26(30-34-24)19-11-12-19)22-9-6-8-20(16-22)21-13-15-32-23(17-21)27-18-28-32;1-2-3;1-2/h6,8-9,13,15-19H,2-5,7,10-12,14H2,1H3;2H,1H2;1-2H2. The van der Waals surface area contributed by atoms with Gasteiger partial charge in [-0.25, -0.2) is 13.9 Å². The number of benzene rings is 1. The van der Waals surface area contributed by atoms with E-state index in [0.717, 1.165) is 66.3 Å². The minimum atomic E-state index is 0.165. The molecule has 1 amide bonds. The summed E-state index contributed by atoms with van der Waals surface area (Å²) < 4.78 is 17.2. The molecule has 1 saturated carbocycles. The lowest BCUT2D eigenvalue weighted by atomic mass is 10.1. The first-order valence-corrected chi connectivity index (χ1v) is 13.4. The normalized spacial score (nSPS) is 12.2. The van der Waals surface area contributed by atoms with Crippen molar-refractivity contribution in [2.24, 2.45) is 0 Å². The van der Waals surface area contributed by atoms with Crippen LogP contribution in [-0.4, -0.2) is 37.2 Å². The molecule has 0 spiro atoms. The molecule has 5 rings (SSSR count). The molecule has 3 heterocycles. The Balaban J connectivity index is 0.000000787. The average molecular weight is 533 g/mol. The molecular formula is C30H37FN6O2. The number of nitrogens with zero attached hydrogens (tertiary/aromatic N) is 6. The van der Waals surface area contributed by atoms with E-state index >= 15 is 0 Å². The van der Waals surface area contributed by atoms with Gasteiger partial charge in [0.05, 0.1) is 6.33 Å². The summed E-state index contributed by atoms with van der Waals surface area (Å²) in [5, 5.41) is 8.25. The third-order valence-electron chi connectivity index (χ3n) is 6.24. The molecule has 1 aliphatic rings. The van der Waals surface area contributed by atoms with Crippen molar-refractivity contribution >= 4 is 17.2 Å². The summed E-state index contributed by atoms with van der Waals surface area (Å²) in [6, 6.07) is 12.2. The number of aryl methyl sites for hydroxylation is 1. The van der Waals surface area contributed by atoms with Gasteiger partial charge in [-0.2, -0.15) is 10.1 Å². The minimum Gasteiger partial charge on any atom is -0.339 e. The van der Waals surface area contributed by atoms with E-state index in [2.05, 4.69) is 52.1 Å². The van der Waals surface area contributed by atoms with E-state index in [1.54, 1.807) is 10.8 Å². The van der Waals surface area contributed by atoms with E-state index in [1.807, 2.05) is 42.3 Å². The smallest absolute Gasteiger partial charge is 0.226 e. The SMILES string of the molecule is C=C.C=CF.CCCC(=O)N(CCCCCc1nc(C2CC2)no1)c1cccc(-c2ccn3ncnc3c2)c1. The number of hydrogen-bond donors (Lipinski definition) is 0. The van der Waals surface area contributed by atoms with Crippen molar-refractivity contribution in [3.05, 3.63) is 86.7 Å². The highest BCUT2D eigenvalue weighted by molar-refractivity contribution is 5.94. The van der Waals surface area contributed by atoms with Crippen LogP contribution in [0.3, 0.4) is 0 Å². The maximum absolute atomic E-state index is 13.0. The molecule has 0 unspecified atom stereocenters. The van der Waals surface area contributed by atoms with E-state index < -0.39 is 0 Å². The van der Waals surface area contributed by atoms with Crippen molar-refractivity contribution in [3.63, 3.8) is 0 Å². The van der Waals surface area contributed by atoms with Crippen molar-refractivity contribution in [3.8, 4) is 11.1 Å². The van der Waals surface area contributed by atoms with Gasteiger partial charge < -0.3 is 9.42 Å². The number of rotatable bonds is 11. The van der Waals surface area contributed by atoms with Crippen molar-refractivity contribution in [1.29, 1.82) is 0 Å². The first kappa shape index (κ1) is 29.4. The van der Waals surface area contributed by atoms with Crippen LogP contribution >= 0.6 is 0 Å². The zero-order chi connectivity index (χ0) is 28.0. The number of amides is 1. The summed E-state index contributed by atoms with van der Waals surface area (Å²) in [6.07, 6.45) is 11.1. The number of halogens is 1. The number of unbranched alkanes of at least 4 members (excludes halogenated alkanes) is 2. The van der Waals surface area contributed by atoms with Gasteiger partial charge in [0.15, 0.2) is 11.5 Å². The largest absolute Gasteiger partial charge is 0.339 e.